The van der Waals surface area contributed by atoms with Crippen molar-refractivity contribution in [1.29, 1.82) is 0 Å². The van der Waals surface area contributed by atoms with E-state index in [0.29, 0.717) is 15.0 Å². The zero-order valence-electron chi connectivity index (χ0n) is 4.56. The molecule has 0 N–H and O–H groups in total. The number of thioether (sulfide) groups is 1. The maximum atomic E-state index is 10.6. The van der Waals surface area contributed by atoms with E-state index in [1.165, 1.54) is 11.8 Å². The molecule has 0 amide bonds. The molecule has 0 spiro atoms. The van der Waals surface area contributed by atoms with Crippen molar-refractivity contribution in [3.05, 3.63) is 0 Å². The lowest BCUT2D eigenvalue weighted by Crippen LogP contribution is -2.31. The summed E-state index contributed by atoms with van der Waals surface area (Å²) in [5.74, 6) is 1.41. The Balaban J connectivity index is 2.37. The summed E-state index contributed by atoms with van der Waals surface area (Å²) in [5, 5.41) is 0.381. The van der Waals surface area contributed by atoms with Crippen LogP contribution in [0.25, 0.3) is 0 Å². The van der Waals surface area contributed by atoms with Crippen LogP contribution in [0.15, 0.2) is 0 Å². The number of rotatable bonds is 1. The summed E-state index contributed by atoms with van der Waals surface area (Å²) in [6.07, 6.45) is 0. The summed E-state index contributed by atoms with van der Waals surface area (Å²) in [6.45, 7) is 2.09. The normalized spacial score (nSPS) is 31.8. The van der Waals surface area contributed by atoms with E-state index >= 15 is 0 Å². The molecule has 0 bridgehead atoms. The van der Waals surface area contributed by atoms with Gasteiger partial charge in [0, 0.05) is 15.6 Å². The highest BCUT2D eigenvalue weighted by Gasteiger charge is 2.32. The van der Waals surface area contributed by atoms with Gasteiger partial charge in [0.05, 0.1) is 0 Å². The van der Waals surface area contributed by atoms with Crippen LogP contribution in [0.5, 0.6) is 0 Å². The van der Waals surface area contributed by atoms with Gasteiger partial charge in [0.15, 0.2) is 5.12 Å². The second-order valence-electron chi connectivity index (χ2n) is 1.91. The first kappa shape index (κ1) is 6.86. The summed E-state index contributed by atoms with van der Waals surface area (Å²) in [7, 11) is 0. The van der Waals surface area contributed by atoms with Crippen LogP contribution in [-0.4, -0.2) is 14.8 Å². The Kier molecular flexibility index (Phi) is 2.19. The second kappa shape index (κ2) is 2.56. The molecule has 1 aliphatic rings. The van der Waals surface area contributed by atoms with Crippen molar-refractivity contribution in [3.63, 3.8) is 0 Å². The Morgan fingerprint density at radius 2 is 2.62 bits per heavy atom. The SMILES string of the molecule is CC(I)C1CSC1=O. The van der Waals surface area contributed by atoms with E-state index in [9.17, 15) is 4.79 Å². The number of carbonyl (C=O) groups is 1. The fourth-order valence-corrected chi connectivity index (χ4v) is 2.73. The summed E-state index contributed by atoms with van der Waals surface area (Å²) in [6, 6.07) is 0. The van der Waals surface area contributed by atoms with Gasteiger partial charge in [-0.15, -0.1) is 0 Å². The minimum Gasteiger partial charge on any atom is -0.287 e. The maximum Gasteiger partial charge on any atom is 0.193 e. The minimum absolute atomic E-state index is 0.362. The van der Waals surface area contributed by atoms with Gasteiger partial charge < -0.3 is 0 Å². The molecule has 1 heterocycles. The lowest BCUT2D eigenvalue weighted by Gasteiger charge is -2.24. The molecule has 0 radical (unpaired) electrons. The molecule has 1 nitrogen and oxygen atoms in total. The molecule has 0 aromatic carbocycles. The van der Waals surface area contributed by atoms with Crippen molar-refractivity contribution in [2.24, 2.45) is 5.92 Å². The molecule has 1 aliphatic heterocycles. The van der Waals surface area contributed by atoms with Gasteiger partial charge in [-0.2, -0.15) is 0 Å². The van der Waals surface area contributed by atoms with Crippen molar-refractivity contribution < 1.29 is 4.79 Å². The molecule has 1 fully saturated rings. The second-order valence-corrected chi connectivity index (χ2v) is 4.90. The third-order valence-electron chi connectivity index (χ3n) is 1.26. The van der Waals surface area contributed by atoms with Crippen LogP contribution in [0.1, 0.15) is 6.92 Å². The zero-order chi connectivity index (χ0) is 6.15. The van der Waals surface area contributed by atoms with Crippen LogP contribution in [0.3, 0.4) is 0 Å². The van der Waals surface area contributed by atoms with Gasteiger partial charge in [0.1, 0.15) is 0 Å². The molecule has 1 rings (SSSR count). The first-order valence-corrected chi connectivity index (χ1v) is 4.75. The highest BCUT2D eigenvalue weighted by Crippen LogP contribution is 2.32. The zero-order valence-corrected chi connectivity index (χ0v) is 7.53. The van der Waals surface area contributed by atoms with Gasteiger partial charge in [-0.3, -0.25) is 4.79 Å². The van der Waals surface area contributed by atoms with Gasteiger partial charge in [-0.1, -0.05) is 41.3 Å². The van der Waals surface area contributed by atoms with E-state index in [1.54, 1.807) is 0 Å². The molecule has 8 heavy (non-hydrogen) atoms. The topological polar surface area (TPSA) is 17.1 Å². The fourth-order valence-electron chi connectivity index (χ4n) is 0.568. The lowest BCUT2D eigenvalue weighted by molar-refractivity contribution is -0.114. The molecule has 1 saturated heterocycles. The molecule has 0 aromatic heterocycles. The predicted octanol–water partition coefficient (Wildman–Crippen LogP) is 1.70. The van der Waals surface area contributed by atoms with Crippen LogP contribution >= 0.6 is 34.4 Å². The molecule has 46 valence electrons. The Bertz CT molecular complexity index is 113. The monoisotopic (exact) mass is 242 g/mol. The summed E-state index contributed by atoms with van der Waals surface area (Å²) in [5.41, 5.74) is 0. The summed E-state index contributed by atoms with van der Waals surface area (Å²) < 4.78 is 0.529. The number of alkyl halides is 1. The third kappa shape index (κ3) is 1.18. The van der Waals surface area contributed by atoms with Crippen molar-refractivity contribution >= 4 is 39.5 Å². The molecule has 0 aromatic rings. The average Bonchev–Trinajstić information content (AvgIpc) is 1.61. The Morgan fingerprint density at radius 3 is 2.62 bits per heavy atom. The first-order valence-electron chi connectivity index (χ1n) is 2.52. The van der Waals surface area contributed by atoms with E-state index in [4.69, 9.17) is 0 Å². The largest absolute Gasteiger partial charge is 0.287 e. The summed E-state index contributed by atoms with van der Waals surface area (Å²) in [4.78, 5) is 10.6. The fraction of sp³-hybridized carbons (Fsp3) is 0.800. The van der Waals surface area contributed by atoms with Crippen LogP contribution < -0.4 is 0 Å². The minimum atomic E-state index is 0.362. The van der Waals surface area contributed by atoms with E-state index in [0.717, 1.165) is 5.75 Å². The summed E-state index contributed by atoms with van der Waals surface area (Å²) >= 11 is 3.75. The smallest absolute Gasteiger partial charge is 0.193 e. The number of hydrogen-bond acceptors (Lipinski definition) is 2. The van der Waals surface area contributed by atoms with E-state index in [2.05, 4.69) is 29.5 Å². The number of hydrogen-bond donors (Lipinski definition) is 0. The standard InChI is InChI=1S/C5H7IOS/c1-3(6)4-2-8-5(4)7/h3-4H,2H2,1H3. The molecular formula is C5H7IOS. The van der Waals surface area contributed by atoms with Crippen molar-refractivity contribution in [3.8, 4) is 0 Å². The maximum absolute atomic E-state index is 10.6. The van der Waals surface area contributed by atoms with Crippen LogP contribution in [-0.2, 0) is 4.79 Å². The predicted molar refractivity (Wildman–Crippen MR) is 44.4 cm³/mol. The van der Waals surface area contributed by atoms with Crippen molar-refractivity contribution in [1.82, 2.24) is 0 Å². The Morgan fingerprint density at radius 1 is 2.00 bits per heavy atom. The average molecular weight is 242 g/mol. The van der Waals surface area contributed by atoms with Crippen LogP contribution in [0, 0.1) is 5.92 Å². The van der Waals surface area contributed by atoms with Crippen LogP contribution in [0.2, 0.25) is 0 Å². The Labute approximate surface area is 66.7 Å². The van der Waals surface area contributed by atoms with Gasteiger partial charge in [0.25, 0.3) is 0 Å². The van der Waals surface area contributed by atoms with Crippen LogP contribution in [0.4, 0.5) is 0 Å². The van der Waals surface area contributed by atoms with E-state index in [-0.39, 0.29) is 0 Å². The lowest BCUT2D eigenvalue weighted by atomic mass is 10.1. The van der Waals surface area contributed by atoms with E-state index < -0.39 is 0 Å². The molecule has 2 unspecified atom stereocenters. The van der Waals surface area contributed by atoms with Gasteiger partial charge >= 0.3 is 0 Å². The van der Waals surface area contributed by atoms with Crippen molar-refractivity contribution in [2.45, 2.75) is 10.8 Å². The Hall–Kier alpha value is 0.750. The molecular weight excluding hydrogens is 235 g/mol. The van der Waals surface area contributed by atoms with Crippen molar-refractivity contribution in [2.75, 3.05) is 5.75 Å². The highest BCUT2D eigenvalue weighted by molar-refractivity contribution is 14.1. The molecule has 0 aliphatic carbocycles. The molecule has 0 saturated carbocycles. The third-order valence-corrected chi connectivity index (χ3v) is 3.24. The first-order chi connectivity index (χ1) is 3.72. The molecule has 2 atom stereocenters. The molecule has 3 heteroatoms. The van der Waals surface area contributed by atoms with Gasteiger partial charge in [-0.25, -0.2) is 0 Å². The van der Waals surface area contributed by atoms with Gasteiger partial charge in [-0.05, 0) is 0 Å². The van der Waals surface area contributed by atoms with Gasteiger partial charge in [0.2, 0.25) is 0 Å². The van der Waals surface area contributed by atoms with E-state index in [1.807, 2.05) is 0 Å². The quantitative estimate of drug-likeness (QED) is 0.514. The highest BCUT2D eigenvalue weighted by atomic mass is 127. The number of halogens is 1. The number of carbonyl (C=O) groups excluding carboxylic acids is 1.